The van der Waals surface area contributed by atoms with Crippen LogP contribution in [0.15, 0.2) is 36.9 Å². The highest BCUT2D eigenvalue weighted by Crippen LogP contribution is 2.03. The molecule has 0 radical (unpaired) electrons. The van der Waals surface area contributed by atoms with Crippen LogP contribution in [0.3, 0.4) is 0 Å². The molecule has 0 aliphatic carbocycles. The maximum absolute atomic E-state index is 11.1. The van der Waals surface area contributed by atoms with E-state index in [0.717, 1.165) is 6.42 Å². The average molecular weight is 219 g/mol. The molecular formula is C13H17NO2. The van der Waals surface area contributed by atoms with Crippen molar-refractivity contribution < 1.29 is 9.53 Å². The van der Waals surface area contributed by atoms with Gasteiger partial charge in [0, 0.05) is 6.54 Å². The van der Waals surface area contributed by atoms with E-state index in [0.29, 0.717) is 6.54 Å². The number of hydrogen-bond acceptors (Lipinski definition) is 2. The van der Waals surface area contributed by atoms with Gasteiger partial charge in [-0.3, -0.25) is 0 Å². The molecular weight excluding hydrogens is 202 g/mol. The Morgan fingerprint density at radius 3 is 3.06 bits per heavy atom. The van der Waals surface area contributed by atoms with Crippen molar-refractivity contribution in [2.75, 3.05) is 13.2 Å². The Bertz CT molecular complexity index is 361. The minimum Gasteiger partial charge on any atom is -0.445 e. The Morgan fingerprint density at radius 1 is 1.56 bits per heavy atom. The van der Waals surface area contributed by atoms with Gasteiger partial charge in [0.05, 0.1) is 0 Å². The van der Waals surface area contributed by atoms with Crippen LogP contribution in [0, 0.1) is 6.92 Å². The lowest BCUT2D eigenvalue weighted by molar-refractivity contribution is 0.158. The summed E-state index contributed by atoms with van der Waals surface area (Å²) in [5, 5.41) is 2.68. The molecule has 0 bridgehead atoms. The van der Waals surface area contributed by atoms with Gasteiger partial charge in [0.15, 0.2) is 0 Å². The van der Waals surface area contributed by atoms with E-state index >= 15 is 0 Å². The molecule has 0 heterocycles. The van der Waals surface area contributed by atoms with Gasteiger partial charge in [-0.05, 0) is 18.9 Å². The van der Waals surface area contributed by atoms with Crippen LogP contribution in [-0.2, 0) is 11.2 Å². The SMILES string of the molecule is C=CCOC(=O)NCCc1cccc(C)c1. The summed E-state index contributed by atoms with van der Waals surface area (Å²) in [6.07, 6.45) is 1.96. The molecule has 1 amide bonds. The number of hydrogen-bond donors (Lipinski definition) is 1. The average Bonchev–Trinajstić information content (AvgIpc) is 2.26. The molecule has 0 atom stereocenters. The van der Waals surface area contributed by atoms with E-state index in [-0.39, 0.29) is 6.61 Å². The van der Waals surface area contributed by atoms with Crippen molar-refractivity contribution in [3.8, 4) is 0 Å². The van der Waals surface area contributed by atoms with E-state index in [4.69, 9.17) is 4.74 Å². The van der Waals surface area contributed by atoms with Crippen molar-refractivity contribution >= 4 is 6.09 Å². The van der Waals surface area contributed by atoms with E-state index in [2.05, 4.69) is 31.0 Å². The molecule has 86 valence electrons. The minimum atomic E-state index is -0.396. The molecule has 0 saturated carbocycles. The lowest BCUT2D eigenvalue weighted by Gasteiger charge is -2.05. The van der Waals surface area contributed by atoms with E-state index in [9.17, 15) is 4.79 Å². The fourth-order valence-corrected chi connectivity index (χ4v) is 1.36. The van der Waals surface area contributed by atoms with Gasteiger partial charge < -0.3 is 10.1 Å². The number of ether oxygens (including phenoxy) is 1. The van der Waals surface area contributed by atoms with E-state index in [1.54, 1.807) is 6.08 Å². The third-order valence-corrected chi connectivity index (χ3v) is 2.10. The third kappa shape index (κ3) is 4.64. The summed E-state index contributed by atoms with van der Waals surface area (Å²) >= 11 is 0. The highest BCUT2D eigenvalue weighted by atomic mass is 16.5. The predicted molar refractivity (Wildman–Crippen MR) is 64.4 cm³/mol. The molecule has 1 rings (SSSR count). The molecule has 0 aromatic heterocycles. The van der Waals surface area contributed by atoms with Crippen LogP contribution < -0.4 is 5.32 Å². The number of rotatable bonds is 5. The first kappa shape index (κ1) is 12.3. The zero-order valence-electron chi connectivity index (χ0n) is 9.53. The fraction of sp³-hybridized carbons (Fsp3) is 0.308. The first-order valence-electron chi connectivity index (χ1n) is 5.29. The lowest BCUT2D eigenvalue weighted by Crippen LogP contribution is -2.26. The second-order valence-electron chi connectivity index (χ2n) is 3.55. The van der Waals surface area contributed by atoms with Gasteiger partial charge in [-0.2, -0.15) is 0 Å². The summed E-state index contributed by atoms with van der Waals surface area (Å²) in [6.45, 7) is 6.35. The van der Waals surface area contributed by atoms with E-state index < -0.39 is 6.09 Å². The molecule has 0 spiro atoms. The second kappa shape index (κ2) is 6.67. The number of carbonyl (C=O) groups excluding carboxylic acids is 1. The van der Waals surface area contributed by atoms with E-state index in [1.165, 1.54) is 11.1 Å². The molecule has 1 aromatic carbocycles. The van der Waals surface area contributed by atoms with Crippen molar-refractivity contribution in [1.82, 2.24) is 5.32 Å². The Labute approximate surface area is 96.1 Å². The van der Waals surface area contributed by atoms with Gasteiger partial charge in [-0.1, -0.05) is 42.5 Å². The summed E-state index contributed by atoms with van der Waals surface area (Å²) < 4.78 is 4.78. The highest BCUT2D eigenvalue weighted by molar-refractivity contribution is 5.67. The van der Waals surface area contributed by atoms with Crippen LogP contribution in [0.25, 0.3) is 0 Å². The van der Waals surface area contributed by atoms with Crippen LogP contribution in [0.2, 0.25) is 0 Å². The smallest absolute Gasteiger partial charge is 0.407 e. The quantitative estimate of drug-likeness (QED) is 0.772. The first-order chi connectivity index (χ1) is 7.72. The molecule has 0 fully saturated rings. The van der Waals surface area contributed by atoms with Gasteiger partial charge in [0.2, 0.25) is 0 Å². The molecule has 1 N–H and O–H groups in total. The number of carbonyl (C=O) groups is 1. The normalized spacial score (nSPS) is 9.56. The monoisotopic (exact) mass is 219 g/mol. The van der Waals surface area contributed by atoms with Crippen LogP contribution in [0.5, 0.6) is 0 Å². The van der Waals surface area contributed by atoms with Gasteiger partial charge in [0.1, 0.15) is 6.61 Å². The standard InChI is InChI=1S/C13H17NO2/c1-3-9-16-13(15)14-8-7-12-6-4-5-11(2)10-12/h3-6,10H,1,7-9H2,2H3,(H,14,15). The largest absolute Gasteiger partial charge is 0.445 e. The van der Waals surface area contributed by atoms with Crippen LogP contribution >= 0.6 is 0 Å². The number of nitrogens with one attached hydrogen (secondary N) is 1. The summed E-state index contributed by atoms with van der Waals surface area (Å²) in [5.74, 6) is 0. The summed E-state index contributed by atoms with van der Waals surface area (Å²) in [4.78, 5) is 11.1. The first-order valence-corrected chi connectivity index (χ1v) is 5.29. The Hall–Kier alpha value is -1.77. The van der Waals surface area contributed by atoms with Crippen LogP contribution in [-0.4, -0.2) is 19.2 Å². The summed E-state index contributed by atoms with van der Waals surface area (Å²) in [6, 6.07) is 8.22. The number of benzene rings is 1. The van der Waals surface area contributed by atoms with Gasteiger partial charge >= 0.3 is 6.09 Å². The molecule has 0 aliphatic rings. The highest BCUT2D eigenvalue weighted by Gasteiger charge is 1.99. The molecule has 3 nitrogen and oxygen atoms in total. The Morgan fingerprint density at radius 2 is 2.38 bits per heavy atom. The molecule has 0 aliphatic heterocycles. The topological polar surface area (TPSA) is 38.3 Å². The Kier molecular flexibility index (Phi) is 5.12. The van der Waals surface area contributed by atoms with E-state index in [1.807, 2.05) is 12.1 Å². The number of aryl methyl sites for hydroxylation is 1. The number of amides is 1. The summed E-state index contributed by atoms with van der Waals surface area (Å²) in [5.41, 5.74) is 2.44. The van der Waals surface area contributed by atoms with Gasteiger partial charge in [-0.15, -0.1) is 0 Å². The minimum absolute atomic E-state index is 0.246. The second-order valence-corrected chi connectivity index (χ2v) is 3.55. The van der Waals surface area contributed by atoms with Gasteiger partial charge in [0.25, 0.3) is 0 Å². The zero-order chi connectivity index (χ0) is 11.8. The van der Waals surface area contributed by atoms with Crippen molar-refractivity contribution in [1.29, 1.82) is 0 Å². The molecule has 0 saturated heterocycles. The van der Waals surface area contributed by atoms with Crippen molar-refractivity contribution in [2.45, 2.75) is 13.3 Å². The predicted octanol–water partition coefficient (Wildman–Crippen LogP) is 2.45. The summed E-state index contributed by atoms with van der Waals surface area (Å²) in [7, 11) is 0. The lowest BCUT2D eigenvalue weighted by atomic mass is 10.1. The number of alkyl carbamates (subject to hydrolysis) is 1. The third-order valence-electron chi connectivity index (χ3n) is 2.10. The molecule has 3 heteroatoms. The van der Waals surface area contributed by atoms with Crippen molar-refractivity contribution in [3.05, 3.63) is 48.0 Å². The molecule has 1 aromatic rings. The van der Waals surface area contributed by atoms with Crippen molar-refractivity contribution in [3.63, 3.8) is 0 Å². The van der Waals surface area contributed by atoms with Crippen LogP contribution in [0.4, 0.5) is 4.79 Å². The Balaban J connectivity index is 2.25. The zero-order valence-corrected chi connectivity index (χ0v) is 9.53. The maximum atomic E-state index is 11.1. The van der Waals surface area contributed by atoms with Crippen LogP contribution in [0.1, 0.15) is 11.1 Å². The van der Waals surface area contributed by atoms with Gasteiger partial charge in [-0.25, -0.2) is 4.79 Å². The molecule has 0 unspecified atom stereocenters. The molecule has 16 heavy (non-hydrogen) atoms. The fourth-order valence-electron chi connectivity index (χ4n) is 1.36. The van der Waals surface area contributed by atoms with Crippen molar-refractivity contribution in [2.24, 2.45) is 0 Å². The maximum Gasteiger partial charge on any atom is 0.407 e.